The van der Waals surface area contributed by atoms with Gasteiger partial charge in [0.15, 0.2) is 17.5 Å². The number of carbonyl (C=O) groups is 1. The summed E-state index contributed by atoms with van der Waals surface area (Å²) in [7, 11) is 1.30. The highest BCUT2D eigenvalue weighted by atomic mass is 16.7. The Bertz CT molecular complexity index is 997. The van der Waals surface area contributed by atoms with Crippen molar-refractivity contribution in [1.82, 2.24) is 0 Å². The highest BCUT2D eigenvalue weighted by Gasteiger charge is 2.23. The summed E-state index contributed by atoms with van der Waals surface area (Å²) < 4.78 is 21.2. The molecule has 0 radical (unpaired) electrons. The van der Waals surface area contributed by atoms with Crippen molar-refractivity contribution in [1.29, 1.82) is 0 Å². The number of hydrogen-bond acceptors (Lipinski definition) is 7. The van der Waals surface area contributed by atoms with E-state index in [1.54, 1.807) is 12.1 Å². The van der Waals surface area contributed by atoms with Crippen LogP contribution < -0.4 is 9.47 Å². The summed E-state index contributed by atoms with van der Waals surface area (Å²) in [6, 6.07) is 18.1. The van der Waals surface area contributed by atoms with E-state index in [2.05, 4.69) is 10.2 Å². The molecule has 1 unspecified atom stereocenters. The zero-order valence-electron chi connectivity index (χ0n) is 15.2. The van der Waals surface area contributed by atoms with E-state index in [0.29, 0.717) is 23.8 Å². The standard InChI is InChI=1S/C21H18N2O5/c1-25-21(24)18-10-9-17(28-18)20(23-22-12-14-5-3-2-4-6-14)15-7-8-16-19(11-15)27-13-26-16/h2-11,20H,12-13H2,1H3. The third-order valence-electron chi connectivity index (χ3n) is 4.29. The number of methoxy groups -OCH3 is 1. The van der Waals surface area contributed by atoms with Gasteiger partial charge >= 0.3 is 5.97 Å². The average molecular weight is 378 g/mol. The first-order valence-electron chi connectivity index (χ1n) is 8.73. The van der Waals surface area contributed by atoms with Crippen LogP contribution in [0.25, 0.3) is 0 Å². The minimum absolute atomic E-state index is 0.113. The number of furan rings is 1. The first-order chi connectivity index (χ1) is 13.7. The maximum atomic E-state index is 11.7. The van der Waals surface area contributed by atoms with Crippen molar-refractivity contribution in [2.75, 3.05) is 13.9 Å². The van der Waals surface area contributed by atoms with Crippen LogP contribution in [0.4, 0.5) is 0 Å². The number of esters is 1. The molecule has 3 aromatic rings. The monoisotopic (exact) mass is 378 g/mol. The third kappa shape index (κ3) is 3.73. The average Bonchev–Trinajstić information content (AvgIpc) is 3.40. The lowest BCUT2D eigenvalue weighted by Crippen LogP contribution is -2.00. The quantitative estimate of drug-likeness (QED) is 0.465. The first kappa shape index (κ1) is 17.8. The second-order valence-corrected chi connectivity index (χ2v) is 6.11. The van der Waals surface area contributed by atoms with Crippen molar-refractivity contribution in [3.05, 3.63) is 83.3 Å². The van der Waals surface area contributed by atoms with Crippen LogP contribution in [0.2, 0.25) is 0 Å². The second kappa shape index (κ2) is 7.96. The van der Waals surface area contributed by atoms with Gasteiger partial charge in [0.1, 0.15) is 5.76 Å². The number of nitrogens with zero attached hydrogens (tertiary/aromatic N) is 2. The van der Waals surface area contributed by atoms with Gasteiger partial charge in [0.05, 0.1) is 13.7 Å². The number of fused-ring (bicyclic) bond motifs is 1. The predicted octanol–water partition coefficient (Wildman–Crippen LogP) is 4.54. The van der Waals surface area contributed by atoms with Crippen LogP contribution in [0, 0.1) is 0 Å². The van der Waals surface area contributed by atoms with Crippen LogP contribution in [-0.4, -0.2) is 19.9 Å². The third-order valence-corrected chi connectivity index (χ3v) is 4.29. The minimum Gasteiger partial charge on any atom is -0.463 e. The molecule has 1 atom stereocenters. The van der Waals surface area contributed by atoms with Gasteiger partial charge in [-0.3, -0.25) is 0 Å². The molecule has 7 nitrogen and oxygen atoms in total. The van der Waals surface area contributed by atoms with Gasteiger partial charge in [-0.25, -0.2) is 4.79 Å². The maximum Gasteiger partial charge on any atom is 0.373 e. The number of rotatable bonds is 6. The van der Waals surface area contributed by atoms with Crippen molar-refractivity contribution in [3.63, 3.8) is 0 Å². The van der Waals surface area contributed by atoms with E-state index in [1.165, 1.54) is 7.11 Å². The fraction of sp³-hybridized carbons (Fsp3) is 0.190. The molecule has 0 bridgehead atoms. The van der Waals surface area contributed by atoms with E-state index in [-0.39, 0.29) is 12.6 Å². The Morgan fingerprint density at radius 1 is 1.07 bits per heavy atom. The number of carbonyl (C=O) groups excluding carboxylic acids is 1. The fourth-order valence-corrected chi connectivity index (χ4v) is 2.87. The van der Waals surface area contributed by atoms with E-state index in [0.717, 1.165) is 11.1 Å². The minimum atomic E-state index is -0.545. The van der Waals surface area contributed by atoms with Crippen molar-refractivity contribution in [2.45, 2.75) is 12.6 Å². The second-order valence-electron chi connectivity index (χ2n) is 6.11. The molecule has 0 spiro atoms. The van der Waals surface area contributed by atoms with Gasteiger partial charge in [-0.1, -0.05) is 36.4 Å². The van der Waals surface area contributed by atoms with Crippen molar-refractivity contribution in [3.8, 4) is 11.5 Å². The largest absolute Gasteiger partial charge is 0.463 e. The number of hydrogen-bond donors (Lipinski definition) is 0. The van der Waals surface area contributed by atoms with Crippen LogP contribution in [0.1, 0.15) is 33.5 Å². The molecule has 0 fully saturated rings. The molecule has 0 N–H and O–H groups in total. The lowest BCUT2D eigenvalue weighted by molar-refractivity contribution is 0.0562. The van der Waals surface area contributed by atoms with Gasteiger partial charge in [0, 0.05) is 0 Å². The van der Waals surface area contributed by atoms with Gasteiger partial charge in [-0.05, 0) is 35.4 Å². The molecule has 1 aromatic heterocycles. The Labute approximate surface area is 161 Å². The molecule has 1 aliphatic rings. The molecule has 0 saturated carbocycles. The van der Waals surface area contributed by atoms with Gasteiger partial charge in [0.25, 0.3) is 0 Å². The highest BCUT2D eigenvalue weighted by molar-refractivity contribution is 5.86. The summed E-state index contributed by atoms with van der Waals surface area (Å²) >= 11 is 0. The predicted molar refractivity (Wildman–Crippen MR) is 99.5 cm³/mol. The van der Waals surface area contributed by atoms with Crippen LogP contribution in [0.15, 0.2) is 75.3 Å². The molecule has 2 heterocycles. The molecule has 1 aliphatic heterocycles. The van der Waals surface area contributed by atoms with Crippen LogP contribution in [-0.2, 0) is 11.3 Å². The van der Waals surface area contributed by atoms with E-state index in [1.807, 2.05) is 48.5 Å². The SMILES string of the molecule is COC(=O)c1ccc(C(N=NCc2ccccc2)c2ccc3c(c2)OCO3)o1. The van der Waals surface area contributed by atoms with Crippen LogP contribution >= 0.6 is 0 Å². The molecular weight excluding hydrogens is 360 g/mol. The smallest absolute Gasteiger partial charge is 0.373 e. The van der Waals surface area contributed by atoms with E-state index in [9.17, 15) is 4.79 Å². The Kier molecular flexibility index (Phi) is 5.05. The van der Waals surface area contributed by atoms with Crippen molar-refractivity contribution < 1.29 is 23.4 Å². The molecule has 0 saturated heterocycles. The van der Waals surface area contributed by atoms with Gasteiger partial charge in [0.2, 0.25) is 12.6 Å². The summed E-state index contributed by atoms with van der Waals surface area (Å²) in [6.07, 6.45) is 0. The molecule has 0 aliphatic carbocycles. The Morgan fingerprint density at radius 3 is 2.71 bits per heavy atom. The molecule has 142 valence electrons. The Balaban J connectivity index is 1.64. The van der Waals surface area contributed by atoms with Crippen molar-refractivity contribution >= 4 is 5.97 Å². The summed E-state index contributed by atoms with van der Waals surface area (Å²) in [5, 5.41) is 8.81. The first-order valence-corrected chi connectivity index (χ1v) is 8.73. The number of ether oxygens (including phenoxy) is 3. The Morgan fingerprint density at radius 2 is 1.89 bits per heavy atom. The zero-order chi connectivity index (χ0) is 19.3. The maximum absolute atomic E-state index is 11.7. The lowest BCUT2D eigenvalue weighted by atomic mass is 10.0. The number of benzene rings is 2. The van der Waals surface area contributed by atoms with E-state index < -0.39 is 12.0 Å². The molecule has 28 heavy (non-hydrogen) atoms. The normalized spacial score (nSPS) is 13.6. The highest BCUT2D eigenvalue weighted by Crippen LogP contribution is 2.37. The molecule has 7 heteroatoms. The van der Waals surface area contributed by atoms with E-state index >= 15 is 0 Å². The summed E-state index contributed by atoms with van der Waals surface area (Å²) in [4.78, 5) is 11.7. The Hall–Kier alpha value is -3.61. The van der Waals surface area contributed by atoms with Crippen molar-refractivity contribution in [2.24, 2.45) is 10.2 Å². The molecule has 0 amide bonds. The summed E-state index contributed by atoms with van der Waals surface area (Å²) in [6.45, 7) is 0.624. The summed E-state index contributed by atoms with van der Waals surface area (Å²) in [5.74, 6) is 1.37. The lowest BCUT2D eigenvalue weighted by Gasteiger charge is -2.10. The summed E-state index contributed by atoms with van der Waals surface area (Å²) in [5.41, 5.74) is 1.86. The molecule has 2 aromatic carbocycles. The van der Waals surface area contributed by atoms with Gasteiger partial charge in [-0.15, -0.1) is 0 Å². The van der Waals surface area contributed by atoms with Gasteiger partial charge < -0.3 is 18.6 Å². The molecular formula is C21H18N2O5. The fourth-order valence-electron chi connectivity index (χ4n) is 2.87. The van der Waals surface area contributed by atoms with E-state index in [4.69, 9.17) is 18.6 Å². The van der Waals surface area contributed by atoms with Gasteiger partial charge in [-0.2, -0.15) is 10.2 Å². The molecule has 4 rings (SSSR count). The zero-order valence-corrected chi connectivity index (χ0v) is 15.2. The van der Waals surface area contributed by atoms with Crippen LogP contribution in [0.5, 0.6) is 11.5 Å². The van der Waals surface area contributed by atoms with Crippen LogP contribution in [0.3, 0.4) is 0 Å². The topological polar surface area (TPSA) is 82.6 Å². The number of azo groups is 1.